The highest BCUT2D eigenvalue weighted by atomic mass is 32.2. The number of anilines is 2. The summed E-state index contributed by atoms with van der Waals surface area (Å²) in [5.74, 6) is 1.41. The Morgan fingerprint density at radius 3 is 2.17 bits per heavy atom. The predicted molar refractivity (Wildman–Crippen MR) is 166 cm³/mol. The van der Waals surface area contributed by atoms with Crippen molar-refractivity contribution in [3.8, 4) is 11.3 Å². The zero-order chi connectivity index (χ0) is 29.1. The molecule has 0 unspecified atom stereocenters. The third-order valence-electron chi connectivity index (χ3n) is 9.02. The van der Waals surface area contributed by atoms with E-state index >= 15 is 0 Å². The van der Waals surface area contributed by atoms with Crippen LogP contribution in [0.25, 0.3) is 22.2 Å². The van der Waals surface area contributed by atoms with E-state index in [1.165, 1.54) is 12.5 Å². The van der Waals surface area contributed by atoms with Crippen LogP contribution in [0.3, 0.4) is 0 Å². The van der Waals surface area contributed by atoms with Crippen molar-refractivity contribution in [2.24, 2.45) is 11.8 Å². The molecule has 0 bridgehead atoms. The van der Waals surface area contributed by atoms with E-state index in [9.17, 15) is 13.2 Å². The van der Waals surface area contributed by atoms with E-state index in [1.54, 1.807) is 0 Å². The predicted octanol–water partition coefficient (Wildman–Crippen LogP) is 4.66. The van der Waals surface area contributed by atoms with Crippen molar-refractivity contribution in [2.45, 2.75) is 45.2 Å². The number of nitrogens with one attached hydrogen (secondary N) is 3. The van der Waals surface area contributed by atoms with Gasteiger partial charge in [0.2, 0.25) is 5.91 Å². The number of ether oxygens (including phenoxy) is 2. The van der Waals surface area contributed by atoms with Crippen LogP contribution >= 0.6 is 0 Å². The normalized spacial score (nSPS) is 20.6. The first-order valence-electron chi connectivity index (χ1n) is 15.2. The molecule has 0 saturated carbocycles. The van der Waals surface area contributed by atoms with Crippen molar-refractivity contribution in [3.05, 3.63) is 48.0 Å². The fourth-order valence-electron chi connectivity index (χ4n) is 6.72. The molecular formula is C32H42N4O5S. The Balaban J connectivity index is 1.34. The molecule has 3 aliphatic heterocycles. The molecule has 10 heteroatoms. The molecule has 3 N–H and O–H groups in total. The summed E-state index contributed by atoms with van der Waals surface area (Å²) in [6.07, 6.45) is 4.21. The highest BCUT2D eigenvalue weighted by molar-refractivity contribution is 7.91. The van der Waals surface area contributed by atoms with Crippen LogP contribution in [-0.2, 0) is 30.7 Å². The number of amides is 1. The van der Waals surface area contributed by atoms with Gasteiger partial charge in [-0.05, 0) is 79.0 Å². The number of H-pyrrole nitrogens is 1. The van der Waals surface area contributed by atoms with E-state index in [1.807, 2.05) is 24.3 Å². The van der Waals surface area contributed by atoms with E-state index < -0.39 is 9.84 Å². The van der Waals surface area contributed by atoms with Gasteiger partial charge in [-0.1, -0.05) is 12.1 Å². The Morgan fingerprint density at radius 2 is 1.57 bits per heavy atom. The molecule has 1 amide bonds. The summed E-state index contributed by atoms with van der Waals surface area (Å²) in [5.41, 5.74) is 6.16. The minimum atomic E-state index is -2.93. The van der Waals surface area contributed by atoms with Gasteiger partial charge in [0, 0.05) is 75.8 Å². The topological polar surface area (TPSA) is 113 Å². The van der Waals surface area contributed by atoms with Gasteiger partial charge in [0.25, 0.3) is 0 Å². The summed E-state index contributed by atoms with van der Waals surface area (Å²) >= 11 is 0. The molecule has 0 aliphatic carbocycles. The SMILES string of the molecule is CC(=O)Nc1ccc(-c2cc3cc(CN4CCS(=O)(=O)CC4)cc(NC(C4CCOCC4)C4CCOCC4)c3[nH]2)cc1. The largest absolute Gasteiger partial charge is 0.381 e. The number of sulfone groups is 1. The van der Waals surface area contributed by atoms with Crippen LogP contribution in [0, 0.1) is 11.8 Å². The van der Waals surface area contributed by atoms with Crippen LogP contribution in [0.4, 0.5) is 11.4 Å². The number of hydrogen-bond donors (Lipinski definition) is 3. The quantitative estimate of drug-likeness (QED) is 0.348. The van der Waals surface area contributed by atoms with Gasteiger partial charge in [0.15, 0.2) is 9.84 Å². The minimum absolute atomic E-state index is 0.0912. The number of nitrogens with zero attached hydrogens (tertiary/aromatic N) is 1. The highest BCUT2D eigenvalue weighted by Crippen LogP contribution is 2.36. The monoisotopic (exact) mass is 594 g/mol. The Kier molecular flexibility index (Phi) is 8.85. The zero-order valence-corrected chi connectivity index (χ0v) is 25.2. The lowest BCUT2D eigenvalue weighted by Gasteiger charge is -2.39. The van der Waals surface area contributed by atoms with E-state index in [4.69, 9.17) is 9.47 Å². The molecule has 9 nitrogen and oxygen atoms in total. The first-order chi connectivity index (χ1) is 20.3. The molecule has 0 atom stereocenters. The summed E-state index contributed by atoms with van der Waals surface area (Å²) in [6.45, 7) is 6.58. The summed E-state index contributed by atoms with van der Waals surface area (Å²) in [6, 6.07) is 14.9. The van der Waals surface area contributed by atoms with Crippen molar-refractivity contribution in [1.82, 2.24) is 9.88 Å². The third-order valence-corrected chi connectivity index (χ3v) is 10.6. The maximum absolute atomic E-state index is 12.0. The number of aromatic amines is 1. The Hall–Kier alpha value is -2.92. The average molecular weight is 595 g/mol. The van der Waals surface area contributed by atoms with Gasteiger partial charge in [-0.3, -0.25) is 9.69 Å². The lowest BCUT2D eigenvalue weighted by Crippen LogP contribution is -2.41. The molecule has 6 rings (SSSR count). The molecule has 0 spiro atoms. The number of hydrogen-bond acceptors (Lipinski definition) is 7. The number of carbonyl (C=O) groups excluding carboxylic acids is 1. The van der Waals surface area contributed by atoms with E-state index in [0.717, 1.165) is 85.6 Å². The molecule has 3 saturated heterocycles. The molecule has 3 aliphatic rings. The lowest BCUT2D eigenvalue weighted by atomic mass is 9.79. The fourth-order valence-corrected chi connectivity index (χ4v) is 8.00. The summed E-state index contributed by atoms with van der Waals surface area (Å²) in [4.78, 5) is 17.4. The van der Waals surface area contributed by atoms with Crippen molar-refractivity contribution in [2.75, 3.05) is 61.7 Å². The number of fused-ring (bicyclic) bond motifs is 1. The molecule has 0 radical (unpaired) electrons. The molecule has 226 valence electrons. The number of rotatable bonds is 8. The molecular weight excluding hydrogens is 552 g/mol. The van der Waals surface area contributed by atoms with Crippen molar-refractivity contribution < 1.29 is 22.7 Å². The summed E-state index contributed by atoms with van der Waals surface area (Å²) in [7, 11) is -2.93. The van der Waals surface area contributed by atoms with Crippen molar-refractivity contribution in [3.63, 3.8) is 0 Å². The molecule has 3 aromatic rings. The van der Waals surface area contributed by atoms with E-state index in [2.05, 4.69) is 38.7 Å². The standard InChI is InChI=1S/C32H42N4O5S/c1-22(37)33-28-4-2-24(3-5-28)29-20-27-18-23(21-36-10-16-42(38,39)17-11-36)19-30(32(27)34-29)35-31(25-6-12-40-13-7-25)26-8-14-41-15-9-26/h2-5,18-20,25-26,31,34-35H,6-17,21H2,1H3,(H,33,37). The molecule has 2 aromatic carbocycles. The first kappa shape index (κ1) is 29.2. The van der Waals surface area contributed by atoms with Crippen molar-refractivity contribution in [1.29, 1.82) is 0 Å². The zero-order valence-electron chi connectivity index (χ0n) is 24.4. The van der Waals surface area contributed by atoms with Gasteiger partial charge in [0.05, 0.1) is 22.7 Å². The molecule has 1 aromatic heterocycles. The highest BCUT2D eigenvalue weighted by Gasteiger charge is 2.33. The Labute approximate surface area is 248 Å². The number of carbonyl (C=O) groups is 1. The second kappa shape index (κ2) is 12.8. The van der Waals surface area contributed by atoms with Gasteiger partial charge in [-0.25, -0.2) is 8.42 Å². The lowest BCUT2D eigenvalue weighted by molar-refractivity contribution is -0.114. The summed E-state index contributed by atoms with van der Waals surface area (Å²) in [5, 5.41) is 8.00. The van der Waals surface area contributed by atoms with Crippen LogP contribution in [-0.4, -0.2) is 81.3 Å². The summed E-state index contributed by atoms with van der Waals surface area (Å²) < 4.78 is 35.5. The van der Waals surface area contributed by atoms with Gasteiger partial charge in [-0.15, -0.1) is 0 Å². The molecule has 3 fully saturated rings. The van der Waals surface area contributed by atoms with Crippen LogP contribution in [0.2, 0.25) is 0 Å². The van der Waals surface area contributed by atoms with Gasteiger partial charge < -0.3 is 25.1 Å². The van der Waals surface area contributed by atoms with Gasteiger partial charge >= 0.3 is 0 Å². The van der Waals surface area contributed by atoms with Crippen LogP contribution in [0.1, 0.15) is 38.2 Å². The number of benzene rings is 2. The average Bonchev–Trinajstić information content (AvgIpc) is 3.42. The van der Waals surface area contributed by atoms with E-state index in [-0.39, 0.29) is 17.4 Å². The second-order valence-electron chi connectivity index (χ2n) is 12.0. The number of aromatic nitrogens is 1. The maximum Gasteiger partial charge on any atom is 0.221 e. The molecule has 4 heterocycles. The Bertz CT molecular complexity index is 1460. The third kappa shape index (κ3) is 6.99. The van der Waals surface area contributed by atoms with Gasteiger partial charge in [0.1, 0.15) is 0 Å². The van der Waals surface area contributed by atoms with Gasteiger partial charge in [-0.2, -0.15) is 0 Å². The first-order valence-corrected chi connectivity index (χ1v) is 17.0. The maximum atomic E-state index is 12.0. The van der Waals surface area contributed by atoms with Crippen LogP contribution in [0.5, 0.6) is 0 Å². The van der Waals surface area contributed by atoms with Crippen LogP contribution < -0.4 is 10.6 Å². The Morgan fingerprint density at radius 1 is 0.952 bits per heavy atom. The minimum Gasteiger partial charge on any atom is -0.381 e. The smallest absolute Gasteiger partial charge is 0.221 e. The van der Waals surface area contributed by atoms with Crippen molar-refractivity contribution >= 4 is 38.0 Å². The second-order valence-corrected chi connectivity index (χ2v) is 14.4. The molecule has 42 heavy (non-hydrogen) atoms. The van der Waals surface area contributed by atoms with Crippen LogP contribution in [0.15, 0.2) is 42.5 Å². The van der Waals surface area contributed by atoms with E-state index in [0.29, 0.717) is 37.5 Å². The fraction of sp³-hybridized carbons (Fsp3) is 0.531.